The first-order chi connectivity index (χ1) is 16.1. The van der Waals surface area contributed by atoms with Crippen LogP contribution in [0.4, 0.5) is 4.39 Å². The molecule has 0 amide bonds. The van der Waals surface area contributed by atoms with Gasteiger partial charge in [-0.25, -0.2) is 4.39 Å². The van der Waals surface area contributed by atoms with Crippen LogP contribution in [0.3, 0.4) is 0 Å². The second-order valence-corrected chi connectivity index (χ2v) is 8.26. The first-order valence-electron chi connectivity index (χ1n) is 10.5. The zero-order valence-electron chi connectivity index (χ0n) is 18.0. The van der Waals surface area contributed by atoms with Crippen LogP contribution in [0.1, 0.15) is 23.6 Å². The Hall–Kier alpha value is -3.62. The fraction of sp³-hybridized carbons (Fsp3) is 0.107. The molecule has 0 saturated heterocycles. The molecule has 3 nitrogen and oxygen atoms in total. The van der Waals surface area contributed by atoms with Crippen molar-refractivity contribution >= 4 is 38.4 Å². The summed E-state index contributed by atoms with van der Waals surface area (Å²) in [5.74, 6) is 0.837. The number of nitriles is 1. The molecule has 0 N–H and O–H groups in total. The number of nitrogens with zero attached hydrogens (tertiary/aromatic N) is 1. The molecule has 0 aliphatic heterocycles. The zero-order chi connectivity index (χ0) is 23.2. The highest BCUT2D eigenvalue weighted by atomic mass is 79.9. The summed E-state index contributed by atoms with van der Waals surface area (Å²) in [6, 6.07) is 26.3. The minimum absolute atomic E-state index is 0.272. The lowest BCUT2D eigenvalue weighted by Gasteiger charge is -2.15. The van der Waals surface area contributed by atoms with Gasteiger partial charge >= 0.3 is 0 Å². The van der Waals surface area contributed by atoms with E-state index in [0.29, 0.717) is 28.2 Å². The van der Waals surface area contributed by atoms with Gasteiger partial charge in [0.2, 0.25) is 0 Å². The average molecular weight is 502 g/mol. The lowest BCUT2D eigenvalue weighted by atomic mass is 10.00. The molecule has 0 aliphatic carbocycles. The maximum atomic E-state index is 13.2. The Balaban J connectivity index is 1.65. The van der Waals surface area contributed by atoms with Crippen LogP contribution in [0.2, 0.25) is 0 Å². The van der Waals surface area contributed by atoms with Crippen molar-refractivity contribution in [2.75, 3.05) is 6.61 Å². The van der Waals surface area contributed by atoms with E-state index in [-0.39, 0.29) is 12.4 Å². The van der Waals surface area contributed by atoms with Gasteiger partial charge in [0.1, 0.15) is 12.4 Å². The van der Waals surface area contributed by atoms with Crippen molar-refractivity contribution in [1.29, 1.82) is 5.26 Å². The normalized spacial score (nSPS) is 11.3. The molecular formula is C28H21BrFNO2. The fourth-order valence-corrected chi connectivity index (χ4v) is 4.09. The van der Waals surface area contributed by atoms with Crippen molar-refractivity contribution in [3.63, 3.8) is 0 Å². The average Bonchev–Trinajstić information content (AvgIpc) is 2.83. The van der Waals surface area contributed by atoms with E-state index < -0.39 is 0 Å². The second kappa shape index (κ2) is 10.3. The number of allylic oxidation sites excluding steroid dienone is 1. The molecule has 0 fully saturated rings. The Bertz CT molecular complexity index is 1360. The highest BCUT2D eigenvalue weighted by Crippen LogP contribution is 2.38. The van der Waals surface area contributed by atoms with Gasteiger partial charge in [-0.15, -0.1) is 0 Å². The Morgan fingerprint density at radius 1 is 0.970 bits per heavy atom. The van der Waals surface area contributed by atoms with Gasteiger partial charge in [0.25, 0.3) is 0 Å². The summed E-state index contributed by atoms with van der Waals surface area (Å²) < 4.78 is 25.7. The minimum Gasteiger partial charge on any atom is -0.490 e. The molecule has 0 bridgehead atoms. The summed E-state index contributed by atoms with van der Waals surface area (Å²) in [5.41, 5.74) is 3.05. The van der Waals surface area contributed by atoms with Crippen LogP contribution in [-0.4, -0.2) is 6.61 Å². The van der Waals surface area contributed by atoms with Crippen molar-refractivity contribution in [2.45, 2.75) is 13.5 Å². The molecule has 0 spiro atoms. The predicted octanol–water partition coefficient (Wildman–Crippen LogP) is 7.78. The molecular weight excluding hydrogens is 481 g/mol. The van der Waals surface area contributed by atoms with Crippen molar-refractivity contribution in [3.8, 4) is 17.6 Å². The molecule has 0 heterocycles. The van der Waals surface area contributed by atoms with Crippen LogP contribution < -0.4 is 9.47 Å². The summed E-state index contributed by atoms with van der Waals surface area (Å²) in [6.07, 6.45) is 1.83. The summed E-state index contributed by atoms with van der Waals surface area (Å²) in [6.45, 7) is 2.63. The van der Waals surface area contributed by atoms with E-state index in [0.717, 1.165) is 27.5 Å². The van der Waals surface area contributed by atoms with Gasteiger partial charge in [-0.05, 0) is 86.7 Å². The summed E-state index contributed by atoms with van der Waals surface area (Å²) in [4.78, 5) is 0. The third-order valence-corrected chi connectivity index (χ3v) is 5.71. The molecule has 4 rings (SSSR count). The Labute approximate surface area is 200 Å². The third-order valence-electron chi connectivity index (χ3n) is 5.12. The van der Waals surface area contributed by atoms with E-state index in [9.17, 15) is 9.65 Å². The van der Waals surface area contributed by atoms with E-state index in [1.807, 2.05) is 67.6 Å². The maximum absolute atomic E-state index is 13.2. The number of rotatable bonds is 7. The molecule has 4 aromatic carbocycles. The van der Waals surface area contributed by atoms with Crippen molar-refractivity contribution in [1.82, 2.24) is 0 Å². The Kier molecular flexibility index (Phi) is 7.07. The van der Waals surface area contributed by atoms with Crippen LogP contribution in [0.5, 0.6) is 11.5 Å². The van der Waals surface area contributed by atoms with Crippen LogP contribution in [0, 0.1) is 17.1 Å². The number of ether oxygens (including phenoxy) is 2. The van der Waals surface area contributed by atoms with E-state index in [4.69, 9.17) is 9.47 Å². The van der Waals surface area contributed by atoms with Crippen molar-refractivity contribution in [3.05, 3.63) is 106 Å². The zero-order valence-corrected chi connectivity index (χ0v) is 19.6. The molecule has 0 unspecified atom stereocenters. The van der Waals surface area contributed by atoms with Crippen LogP contribution in [-0.2, 0) is 6.61 Å². The number of hydrogen-bond donors (Lipinski definition) is 0. The predicted molar refractivity (Wildman–Crippen MR) is 133 cm³/mol. The third kappa shape index (κ3) is 5.42. The summed E-state index contributed by atoms with van der Waals surface area (Å²) in [5, 5.41) is 12.0. The van der Waals surface area contributed by atoms with Gasteiger partial charge in [0.15, 0.2) is 11.5 Å². The van der Waals surface area contributed by atoms with Crippen molar-refractivity contribution < 1.29 is 13.9 Å². The quantitative estimate of drug-likeness (QED) is 0.191. The van der Waals surface area contributed by atoms with Gasteiger partial charge in [-0.1, -0.05) is 48.5 Å². The summed E-state index contributed by atoms with van der Waals surface area (Å²) in [7, 11) is 0. The lowest BCUT2D eigenvalue weighted by molar-refractivity contribution is 0.267. The van der Waals surface area contributed by atoms with Gasteiger partial charge in [-0.2, -0.15) is 5.26 Å². The highest BCUT2D eigenvalue weighted by molar-refractivity contribution is 9.10. The second-order valence-electron chi connectivity index (χ2n) is 7.41. The van der Waals surface area contributed by atoms with Crippen LogP contribution in [0.25, 0.3) is 22.4 Å². The number of hydrogen-bond acceptors (Lipinski definition) is 3. The van der Waals surface area contributed by atoms with Crippen LogP contribution >= 0.6 is 15.9 Å². The standard InChI is InChI=1S/C28H21BrFNO2/c1-2-32-27-15-20(14-26(29)28(27)33-18-19-7-11-25(30)12-8-19)13-24(17-31)23-10-9-21-5-3-4-6-22(21)16-23/h3-16H,2,18H2,1H3/b24-13-. The lowest BCUT2D eigenvalue weighted by Crippen LogP contribution is -2.01. The topological polar surface area (TPSA) is 42.2 Å². The Morgan fingerprint density at radius 3 is 2.45 bits per heavy atom. The van der Waals surface area contributed by atoms with Gasteiger partial charge in [0, 0.05) is 0 Å². The summed E-state index contributed by atoms with van der Waals surface area (Å²) >= 11 is 3.58. The molecule has 33 heavy (non-hydrogen) atoms. The minimum atomic E-state index is -0.286. The molecule has 0 aromatic heterocycles. The van der Waals surface area contributed by atoms with E-state index >= 15 is 0 Å². The fourth-order valence-electron chi connectivity index (χ4n) is 3.51. The first-order valence-corrected chi connectivity index (χ1v) is 11.3. The molecule has 0 radical (unpaired) electrons. The maximum Gasteiger partial charge on any atom is 0.175 e. The van der Waals surface area contributed by atoms with Crippen LogP contribution in [0.15, 0.2) is 83.3 Å². The Morgan fingerprint density at radius 2 is 1.73 bits per heavy atom. The number of halogens is 2. The van der Waals surface area contributed by atoms with Gasteiger partial charge < -0.3 is 9.47 Å². The van der Waals surface area contributed by atoms with E-state index in [1.165, 1.54) is 12.1 Å². The molecule has 5 heteroatoms. The number of benzene rings is 4. The monoisotopic (exact) mass is 501 g/mol. The SMILES string of the molecule is CCOc1cc(/C=C(/C#N)c2ccc3ccccc3c2)cc(Br)c1OCc1ccc(F)cc1. The van der Waals surface area contributed by atoms with E-state index in [2.05, 4.69) is 22.0 Å². The highest BCUT2D eigenvalue weighted by Gasteiger charge is 2.13. The van der Waals surface area contributed by atoms with Crippen molar-refractivity contribution in [2.24, 2.45) is 0 Å². The molecule has 0 aliphatic rings. The van der Waals surface area contributed by atoms with Gasteiger partial charge in [0.05, 0.1) is 22.7 Å². The largest absolute Gasteiger partial charge is 0.490 e. The molecule has 0 atom stereocenters. The number of fused-ring (bicyclic) bond motifs is 1. The first kappa shape index (κ1) is 22.6. The molecule has 4 aromatic rings. The smallest absolute Gasteiger partial charge is 0.175 e. The molecule has 0 saturated carbocycles. The molecule has 164 valence electrons. The van der Waals surface area contributed by atoms with Gasteiger partial charge in [-0.3, -0.25) is 0 Å². The van der Waals surface area contributed by atoms with E-state index in [1.54, 1.807) is 12.1 Å².